The quantitative estimate of drug-likeness (QED) is 0.683. The Hall–Kier alpha value is -2.58. The molecule has 2 aromatic carbocycles. The van der Waals surface area contributed by atoms with Crippen LogP contribution in [0.3, 0.4) is 0 Å². The van der Waals surface area contributed by atoms with Crippen molar-refractivity contribution in [2.45, 2.75) is 37.6 Å². The van der Waals surface area contributed by atoms with E-state index in [1.807, 2.05) is 25.1 Å². The Balaban J connectivity index is 1.53. The molecule has 1 saturated heterocycles. The second-order valence-corrected chi connectivity index (χ2v) is 9.73. The minimum absolute atomic E-state index is 0.177. The number of ether oxygens (including phenoxy) is 2. The van der Waals surface area contributed by atoms with Crippen LogP contribution < -0.4 is 9.47 Å². The molecule has 2 heterocycles. The third-order valence-corrected chi connectivity index (χ3v) is 7.58. The lowest BCUT2D eigenvalue weighted by Crippen LogP contribution is -2.36. The lowest BCUT2D eigenvalue weighted by atomic mass is 10.1. The number of nitrogens with zero attached hydrogens (tertiary/aromatic N) is 2. The number of amides is 1. The summed E-state index contributed by atoms with van der Waals surface area (Å²) in [6, 6.07) is 12.0. The first kappa shape index (κ1) is 21.6. The predicted octanol–water partition coefficient (Wildman–Crippen LogP) is 3.29. The molecule has 31 heavy (non-hydrogen) atoms. The fourth-order valence-corrected chi connectivity index (χ4v) is 5.52. The van der Waals surface area contributed by atoms with E-state index in [0.717, 1.165) is 24.8 Å². The number of rotatable bonds is 6. The molecule has 0 unspecified atom stereocenters. The van der Waals surface area contributed by atoms with Crippen LogP contribution in [-0.2, 0) is 16.6 Å². The smallest absolute Gasteiger partial charge is 0.254 e. The van der Waals surface area contributed by atoms with Crippen LogP contribution in [0.1, 0.15) is 42.1 Å². The van der Waals surface area contributed by atoms with Gasteiger partial charge in [-0.25, -0.2) is 8.42 Å². The van der Waals surface area contributed by atoms with E-state index in [-0.39, 0.29) is 10.8 Å². The van der Waals surface area contributed by atoms with Gasteiger partial charge in [0.05, 0.1) is 4.90 Å². The second kappa shape index (κ2) is 9.28. The number of sulfonamides is 1. The van der Waals surface area contributed by atoms with Crippen LogP contribution in [0, 0.1) is 0 Å². The minimum Gasteiger partial charge on any atom is -0.486 e. The Morgan fingerprint density at radius 1 is 1.00 bits per heavy atom. The van der Waals surface area contributed by atoms with Crippen LogP contribution in [0.15, 0.2) is 47.4 Å². The molecule has 1 fully saturated rings. The van der Waals surface area contributed by atoms with Crippen molar-refractivity contribution in [1.29, 1.82) is 0 Å². The molecule has 0 aliphatic carbocycles. The van der Waals surface area contributed by atoms with Crippen molar-refractivity contribution in [3.05, 3.63) is 53.6 Å². The molecule has 4 rings (SSSR count). The van der Waals surface area contributed by atoms with Crippen LogP contribution in [-0.4, -0.2) is 56.4 Å². The van der Waals surface area contributed by atoms with E-state index >= 15 is 0 Å². The molecular weight excluding hydrogens is 416 g/mol. The summed E-state index contributed by atoms with van der Waals surface area (Å²) in [7, 11) is -3.59. The zero-order valence-corrected chi connectivity index (χ0v) is 18.6. The number of hydrogen-bond acceptors (Lipinski definition) is 5. The molecule has 0 N–H and O–H groups in total. The van der Waals surface area contributed by atoms with E-state index in [2.05, 4.69) is 0 Å². The Kier molecular flexibility index (Phi) is 6.48. The number of piperidine rings is 1. The molecular formula is C23H28N2O5S. The van der Waals surface area contributed by atoms with E-state index in [1.54, 1.807) is 23.1 Å². The maximum absolute atomic E-state index is 13.2. The maximum Gasteiger partial charge on any atom is 0.254 e. The summed E-state index contributed by atoms with van der Waals surface area (Å²) in [5.41, 5.74) is 1.30. The predicted molar refractivity (Wildman–Crippen MR) is 117 cm³/mol. The lowest BCUT2D eigenvalue weighted by Gasteiger charge is -2.26. The van der Waals surface area contributed by atoms with E-state index in [1.165, 1.54) is 10.4 Å². The average molecular weight is 445 g/mol. The summed E-state index contributed by atoms with van der Waals surface area (Å²) in [5, 5.41) is 0. The summed E-state index contributed by atoms with van der Waals surface area (Å²) in [6.07, 6.45) is 2.80. The molecule has 2 aliphatic rings. The first-order valence-electron chi connectivity index (χ1n) is 10.8. The molecule has 2 aliphatic heterocycles. The lowest BCUT2D eigenvalue weighted by molar-refractivity contribution is 0.0752. The standard InChI is InChI=1S/C23H28N2O5S/c1-2-24(17-18-9-10-21-22(15-18)30-14-13-29-21)23(26)19-7-6-8-20(16-19)31(27,28)25-11-4-3-5-12-25/h6-10,15-16H,2-5,11-14,17H2,1H3. The summed E-state index contributed by atoms with van der Waals surface area (Å²) < 4.78 is 38.7. The topological polar surface area (TPSA) is 76.1 Å². The number of benzene rings is 2. The van der Waals surface area contributed by atoms with Gasteiger partial charge in [0, 0.05) is 31.7 Å². The fraction of sp³-hybridized carbons (Fsp3) is 0.435. The highest BCUT2D eigenvalue weighted by Crippen LogP contribution is 2.31. The Labute approximate surface area is 183 Å². The third kappa shape index (κ3) is 4.70. The fourth-order valence-electron chi connectivity index (χ4n) is 3.96. The summed E-state index contributed by atoms with van der Waals surface area (Å²) >= 11 is 0. The van der Waals surface area contributed by atoms with Gasteiger partial charge < -0.3 is 14.4 Å². The van der Waals surface area contributed by atoms with Crippen LogP contribution in [0.4, 0.5) is 0 Å². The molecule has 2 aromatic rings. The van der Waals surface area contributed by atoms with Crippen molar-refractivity contribution < 1.29 is 22.7 Å². The van der Waals surface area contributed by atoms with Gasteiger partial charge in [-0.05, 0) is 55.7 Å². The summed E-state index contributed by atoms with van der Waals surface area (Å²) in [6.45, 7) is 4.90. The van der Waals surface area contributed by atoms with Crippen molar-refractivity contribution in [1.82, 2.24) is 9.21 Å². The van der Waals surface area contributed by atoms with Gasteiger partial charge in [0.1, 0.15) is 13.2 Å². The SMILES string of the molecule is CCN(Cc1ccc2c(c1)OCCO2)C(=O)c1cccc(S(=O)(=O)N2CCCCC2)c1. The number of fused-ring (bicyclic) bond motifs is 1. The van der Waals surface area contributed by atoms with Crippen molar-refractivity contribution in [2.24, 2.45) is 0 Å². The number of carbonyl (C=O) groups is 1. The third-order valence-electron chi connectivity index (χ3n) is 5.68. The van der Waals surface area contributed by atoms with Crippen LogP contribution in [0.5, 0.6) is 11.5 Å². The van der Waals surface area contributed by atoms with E-state index in [4.69, 9.17) is 9.47 Å². The maximum atomic E-state index is 13.2. The van der Waals surface area contributed by atoms with Crippen LogP contribution in [0.25, 0.3) is 0 Å². The van der Waals surface area contributed by atoms with Crippen LogP contribution >= 0.6 is 0 Å². The molecule has 0 atom stereocenters. The van der Waals surface area contributed by atoms with Crippen molar-refractivity contribution in [3.8, 4) is 11.5 Å². The van der Waals surface area contributed by atoms with Gasteiger partial charge in [-0.15, -0.1) is 0 Å². The average Bonchev–Trinajstić information content (AvgIpc) is 2.82. The highest BCUT2D eigenvalue weighted by atomic mass is 32.2. The van der Waals surface area contributed by atoms with E-state index < -0.39 is 10.0 Å². The number of hydrogen-bond donors (Lipinski definition) is 0. The summed E-state index contributed by atoms with van der Waals surface area (Å²) in [4.78, 5) is 15.1. The van der Waals surface area contributed by atoms with Crippen LogP contribution in [0.2, 0.25) is 0 Å². The van der Waals surface area contributed by atoms with E-state index in [0.29, 0.717) is 56.5 Å². The number of carbonyl (C=O) groups excluding carboxylic acids is 1. The monoisotopic (exact) mass is 444 g/mol. The highest BCUT2D eigenvalue weighted by molar-refractivity contribution is 7.89. The van der Waals surface area contributed by atoms with Gasteiger partial charge in [-0.2, -0.15) is 4.31 Å². The van der Waals surface area contributed by atoms with Crippen molar-refractivity contribution in [2.75, 3.05) is 32.8 Å². The Bertz CT molecular complexity index is 1050. The molecule has 0 radical (unpaired) electrons. The molecule has 0 saturated carbocycles. The first-order chi connectivity index (χ1) is 15.0. The zero-order valence-electron chi connectivity index (χ0n) is 17.7. The molecule has 166 valence electrons. The van der Waals surface area contributed by atoms with Gasteiger partial charge in [0.25, 0.3) is 5.91 Å². The Morgan fingerprint density at radius 3 is 2.48 bits per heavy atom. The molecule has 0 spiro atoms. The first-order valence-corrected chi connectivity index (χ1v) is 12.2. The van der Waals surface area contributed by atoms with Gasteiger partial charge in [0.15, 0.2) is 11.5 Å². The van der Waals surface area contributed by atoms with Crippen molar-refractivity contribution in [3.63, 3.8) is 0 Å². The van der Waals surface area contributed by atoms with Gasteiger partial charge in [-0.1, -0.05) is 18.6 Å². The summed E-state index contributed by atoms with van der Waals surface area (Å²) in [5.74, 6) is 1.19. The molecule has 1 amide bonds. The molecule has 7 nitrogen and oxygen atoms in total. The van der Waals surface area contributed by atoms with Gasteiger partial charge in [-0.3, -0.25) is 4.79 Å². The zero-order chi connectivity index (χ0) is 21.8. The van der Waals surface area contributed by atoms with E-state index in [9.17, 15) is 13.2 Å². The Morgan fingerprint density at radius 2 is 1.74 bits per heavy atom. The minimum atomic E-state index is -3.59. The van der Waals surface area contributed by atoms with Gasteiger partial charge >= 0.3 is 0 Å². The normalized spacial score (nSPS) is 16.7. The molecule has 0 bridgehead atoms. The van der Waals surface area contributed by atoms with Crippen molar-refractivity contribution >= 4 is 15.9 Å². The highest BCUT2D eigenvalue weighted by Gasteiger charge is 2.27. The molecule has 0 aromatic heterocycles. The molecule has 8 heteroatoms. The second-order valence-electron chi connectivity index (χ2n) is 7.79. The largest absolute Gasteiger partial charge is 0.486 e. The van der Waals surface area contributed by atoms with Gasteiger partial charge in [0.2, 0.25) is 10.0 Å².